The second-order valence-electron chi connectivity index (χ2n) is 4.27. The highest BCUT2D eigenvalue weighted by Gasteiger charge is 2.37. The molecule has 1 rings (SSSR count). The third-order valence-electron chi connectivity index (χ3n) is 2.66. The van der Waals surface area contributed by atoms with Crippen LogP contribution in [-0.2, 0) is 25.7 Å². The van der Waals surface area contributed by atoms with Crippen molar-refractivity contribution in [3.8, 4) is 0 Å². The van der Waals surface area contributed by atoms with E-state index >= 15 is 0 Å². The van der Waals surface area contributed by atoms with Crippen LogP contribution < -0.4 is 0 Å². The third kappa shape index (κ3) is 4.68. The van der Waals surface area contributed by atoms with Crippen molar-refractivity contribution < 1.29 is 36.2 Å². The Morgan fingerprint density at radius 3 is 2.45 bits per heavy atom. The van der Waals surface area contributed by atoms with Crippen LogP contribution in [0.25, 0.3) is 0 Å². The Morgan fingerprint density at radius 2 is 1.91 bits per heavy atom. The normalized spacial score (nSPS) is 12.6. The molecule has 0 spiro atoms. The van der Waals surface area contributed by atoms with Gasteiger partial charge in [0.15, 0.2) is 0 Å². The summed E-state index contributed by atoms with van der Waals surface area (Å²) in [6, 6.07) is 3.84. The van der Waals surface area contributed by atoms with Crippen molar-refractivity contribution in [3.63, 3.8) is 0 Å². The highest BCUT2D eigenvalue weighted by atomic mass is 32.2. The Labute approximate surface area is 125 Å². The van der Waals surface area contributed by atoms with Gasteiger partial charge in [-0.05, 0) is 12.1 Å². The van der Waals surface area contributed by atoms with Gasteiger partial charge in [-0.3, -0.25) is 0 Å². The van der Waals surface area contributed by atoms with Crippen LogP contribution in [0.15, 0.2) is 29.2 Å². The van der Waals surface area contributed by atoms with Gasteiger partial charge in [-0.2, -0.15) is 17.5 Å². The molecule has 0 fully saturated rings. The average Bonchev–Trinajstić information content (AvgIpc) is 2.42. The number of alkyl halides is 3. The zero-order valence-electron chi connectivity index (χ0n) is 11.5. The van der Waals surface area contributed by atoms with Gasteiger partial charge in [0.1, 0.15) is 6.61 Å². The van der Waals surface area contributed by atoms with Crippen LogP contribution in [0.1, 0.15) is 5.56 Å². The lowest BCUT2D eigenvalue weighted by molar-refractivity contribution is -0.142. The lowest BCUT2D eigenvalue weighted by atomic mass is 10.2. The van der Waals surface area contributed by atoms with Gasteiger partial charge in [-0.1, -0.05) is 12.1 Å². The van der Waals surface area contributed by atoms with Gasteiger partial charge < -0.3 is 9.84 Å². The molecule has 0 aromatic heterocycles. The smallest absolute Gasteiger partial charge is 0.417 e. The van der Waals surface area contributed by atoms with E-state index in [0.29, 0.717) is 10.4 Å². The SMILES string of the molecule is CN(CCOCC(=O)O)S(=O)(=O)c1ccccc1C(F)(F)F. The van der Waals surface area contributed by atoms with Crippen molar-refractivity contribution in [2.24, 2.45) is 0 Å². The van der Waals surface area contributed by atoms with E-state index in [-0.39, 0.29) is 13.2 Å². The molecule has 10 heteroatoms. The Morgan fingerprint density at radius 1 is 1.32 bits per heavy atom. The number of ether oxygens (including phenoxy) is 1. The molecule has 1 aromatic rings. The number of hydrogen-bond acceptors (Lipinski definition) is 4. The Kier molecular flexibility index (Phi) is 5.92. The second kappa shape index (κ2) is 7.07. The van der Waals surface area contributed by atoms with Crippen molar-refractivity contribution in [2.75, 3.05) is 26.8 Å². The average molecular weight is 341 g/mol. The zero-order chi connectivity index (χ0) is 17.0. The lowest BCUT2D eigenvalue weighted by Crippen LogP contribution is -2.32. The summed E-state index contributed by atoms with van der Waals surface area (Å²) in [5.74, 6) is -1.23. The monoisotopic (exact) mass is 341 g/mol. The molecule has 1 N–H and O–H groups in total. The molecule has 0 saturated carbocycles. The maximum Gasteiger partial charge on any atom is 0.417 e. The van der Waals surface area contributed by atoms with Crippen LogP contribution in [0.3, 0.4) is 0 Å². The maximum absolute atomic E-state index is 12.9. The number of aliphatic carboxylic acids is 1. The fraction of sp³-hybridized carbons (Fsp3) is 0.417. The van der Waals surface area contributed by atoms with Crippen molar-refractivity contribution >= 4 is 16.0 Å². The fourth-order valence-corrected chi connectivity index (χ4v) is 2.93. The molecular formula is C12H14F3NO5S. The molecule has 1 aromatic carbocycles. The van der Waals surface area contributed by atoms with Crippen molar-refractivity contribution in [1.82, 2.24) is 4.31 Å². The first kappa shape index (κ1) is 18.4. The number of hydrogen-bond donors (Lipinski definition) is 1. The van der Waals surface area contributed by atoms with Crippen LogP contribution in [0.4, 0.5) is 13.2 Å². The van der Waals surface area contributed by atoms with E-state index in [4.69, 9.17) is 5.11 Å². The number of benzene rings is 1. The summed E-state index contributed by atoms with van der Waals surface area (Å²) in [5.41, 5.74) is -1.26. The molecule has 0 amide bonds. The van der Waals surface area contributed by atoms with Crippen molar-refractivity contribution in [1.29, 1.82) is 0 Å². The quantitative estimate of drug-likeness (QED) is 0.759. The molecule has 0 bridgehead atoms. The zero-order valence-corrected chi connectivity index (χ0v) is 12.3. The molecule has 0 atom stereocenters. The summed E-state index contributed by atoms with van der Waals surface area (Å²) in [5, 5.41) is 8.36. The molecule has 22 heavy (non-hydrogen) atoms. The summed E-state index contributed by atoms with van der Waals surface area (Å²) in [7, 11) is -3.28. The summed E-state index contributed by atoms with van der Waals surface area (Å²) < 4.78 is 68.3. The van der Waals surface area contributed by atoms with Gasteiger partial charge in [0.05, 0.1) is 17.1 Å². The number of carboxylic acid groups (broad SMARTS) is 1. The van der Waals surface area contributed by atoms with Crippen molar-refractivity contribution in [3.05, 3.63) is 29.8 Å². The summed E-state index contributed by atoms with van der Waals surface area (Å²) >= 11 is 0. The molecule has 0 aliphatic carbocycles. The Balaban J connectivity index is 2.93. The second-order valence-corrected chi connectivity index (χ2v) is 6.28. The van der Waals surface area contributed by atoms with Crippen LogP contribution in [0.5, 0.6) is 0 Å². The van der Waals surface area contributed by atoms with E-state index in [0.717, 1.165) is 19.2 Å². The predicted octanol–water partition coefficient (Wildman–Crippen LogP) is 1.43. The molecule has 0 aliphatic rings. The standard InChI is InChI=1S/C12H14F3NO5S/c1-16(6-7-21-8-11(17)18)22(19,20)10-5-3-2-4-9(10)12(13,14)15/h2-5H,6-8H2,1H3,(H,17,18). The number of halogens is 3. The molecular weight excluding hydrogens is 327 g/mol. The van der Waals surface area contributed by atoms with Crippen LogP contribution in [0.2, 0.25) is 0 Å². The fourth-order valence-electron chi connectivity index (χ4n) is 1.57. The molecule has 124 valence electrons. The van der Waals surface area contributed by atoms with Gasteiger partial charge in [0, 0.05) is 13.6 Å². The van der Waals surface area contributed by atoms with E-state index < -0.39 is 39.2 Å². The molecule has 0 aliphatic heterocycles. The largest absolute Gasteiger partial charge is 0.480 e. The van der Waals surface area contributed by atoms with Gasteiger partial charge in [-0.15, -0.1) is 0 Å². The topological polar surface area (TPSA) is 83.9 Å². The molecule has 0 heterocycles. The first-order valence-corrected chi connectivity index (χ1v) is 7.43. The number of sulfonamides is 1. The van der Waals surface area contributed by atoms with Gasteiger partial charge in [0.25, 0.3) is 0 Å². The number of carboxylic acids is 1. The minimum atomic E-state index is -4.80. The van der Waals surface area contributed by atoms with E-state index in [2.05, 4.69) is 4.74 Å². The minimum absolute atomic E-state index is 0.254. The molecule has 0 radical (unpaired) electrons. The first-order valence-electron chi connectivity index (χ1n) is 5.99. The van der Waals surface area contributed by atoms with E-state index in [1.54, 1.807) is 0 Å². The number of rotatable bonds is 7. The third-order valence-corrected chi connectivity index (χ3v) is 4.57. The predicted molar refractivity (Wildman–Crippen MR) is 69.7 cm³/mol. The van der Waals surface area contributed by atoms with Crippen LogP contribution >= 0.6 is 0 Å². The summed E-state index contributed by atoms with van der Waals surface area (Å²) in [4.78, 5) is 9.38. The van der Waals surface area contributed by atoms with Crippen LogP contribution in [0, 0.1) is 0 Å². The van der Waals surface area contributed by atoms with E-state index in [9.17, 15) is 26.4 Å². The Bertz CT molecular complexity index is 630. The number of likely N-dealkylation sites (N-methyl/N-ethyl adjacent to an activating group) is 1. The highest BCUT2D eigenvalue weighted by Crippen LogP contribution is 2.34. The van der Waals surface area contributed by atoms with Gasteiger partial charge in [0.2, 0.25) is 10.0 Å². The number of nitrogens with zero attached hydrogens (tertiary/aromatic N) is 1. The van der Waals surface area contributed by atoms with Crippen molar-refractivity contribution in [2.45, 2.75) is 11.1 Å². The number of carbonyl (C=O) groups is 1. The summed E-state index contributed by atoms with van der Waals surface area (Å²) in [6.07, 6.45) is -4.80. The lowest BCUT2D eigenvalue weighted by Gasteiger charge is -2.20. The molecule has 0 saturated heterocycles. The molecule has 6 nitrogen and oxygen atoms in total. The maximum atomic E-state index is 12.9. The van der Waals surface area contributed by atoms with E-state index in [1.165, 1.54) is 6.07 Å². The minimum Gasteiger partial charge on any atom is -0.480 e. The first-order chi connectivity index (χ1) is 10.1. The van der Waals surface area contributed by atoms with Gasteiger partial charge in [-0.25, -0.2) is 13.2 Å². The molecule has 0 unspecified atom stereocenters. The van der Waals surface area contributed by atoms with Crippen LogP contribution in [-0.4, -0.2) is 50.6 Å². The highest BCUT2D eigenvalue weighted by molar-refractivity contribution is 7.89. The summed E-state index contributed by atoms with van der Waals surface area (Å²) in [6.45, 7) is -1.15. The van der Waals surface area contributed by atoms with Gasteiger partial charge >= 0.3 is 12.1 Å². The Hall–Kier alpha value is -1.65. The van der Waals surface area contributed by atoms with E-state index in [1.807, 2.05) is 0 Å².